The van der Waals surface area contributed by atoms with Crippen molar-refractivity contribution >= 4 is 11.7 Å². The number of hydrogen-bond donors (Lipinski definition) is 1. The number of carbonyl (C=O) groups excluding carboxylic acids is 2. The molecule has 2 fully saturated rings. The summed E-state index contributed by atoms with van der Waals surface area (Å²) in [7, 11) is 0. The molecule has 5 nitrogen and oxygen atoms in total. The third-order valence-electron chi connectivity index (χ3n) is 3.20. The van der Waals surface area contributed by atoms with E-state index in [4.69, 9.17) is 10.5 Å². The SMILES string of the molecule is NC(=O)C1CCN1CC(=O)C1CCOC1. The summed E-state index contributed by atoms with van der Waals surface area (Å²) in [4.78, 5) is 24.5. The van der Waals surface area contributed by atoms with E-state index in [9.17, 15) is 9.59 Å². The second-order valence-electron chi connectivity index (χ2n) is 4.20. The van der Waals surface area contributed by atoms with Gasteiger partial charge in [-0.15, -0.1) is 0 Å². The lowest BCUT2D eigenvalue weighted by Crippen LogP contribution is -2.56. The summed E-state index contributed by atoms with van der Waals surface area (Å²) in [6, 6.07) is -0.226. The Hall–Kier alpha value is -0.940. The standard InChI is InChI=1S/C10H16N2O3/c11-10(14)8-1-3-12(8)5-9(13)7-2-4-15-6-7/h7-8H,1-6H2,(H2,11,14). The molecule has 2 aliphatic heterocycles. The van der Waals surface area contributed by atoms with Gasteiger partial charge in [-0.3, -0.25) is 14.5 Å². The minimum Gasteiger partial charge on any atom is -0.381 e. The van der Waals surface area contributed by atoms with E-state index >= 15 is 0 Å². The smallest absolute Gasteiger partial charge is 0.234 e. The first-order valence-corrected chi connectivity index (χ1v) is 5.32. The van der Waals surface area contributed by atoms with Gasteiger partial charge < -0.3 is 10.5 Å². The highest BCUT2D eigenvalue weighted by atomic mass is 16.5. The third kappa shape index (κ3) is 2.18. The van der Waals surface area contributed by atoms with Crippen LogP contribution in [0.5, 0.6) is 0 Å². The molecule has 5 heteroatoms. The second kappa shape index (κ2) is 4.28. The molecule has 0 aromatic heterocycles. The van der Waals surface area contributed by atoms with Gasteiger partial charge in [-0.2, -0.15) is 0 Å². The first-order valence-electron chi connectivity index (χ1n) is 5.32. The Labute approximate surface area is 88.5 Å². The van der Waals surface area contributed by atoms with Crippen molar-refractivity contribution in [1.29, 1.82) is 0 Å². The quantitative estimate of drug-likeness (QED) is 0.659. The number of ketones is 1. The number of nitrogens with two attached hydrogens (primary N) is 1. The zero-order valence-corrected chi connectivity index (χ0v) is 8.65. The van der Waals surface area contributed by atoms with Crippen molar-refractivity contribution in [1.82, 2.24) is 4.90 Å². The number of rotatable bonds is 4. The first kappa shape index (κ1) is 10.6. The minimum atomic E-state index is -0.322. The second-order valence-corrected chi connectivity index (χ2v) is 4.20. The number of Topliss-reactive ketones (excluding diaryl/α,β-unsaturated/α-hetero) is 1. The lowest BCUT2D eigenvalue weighted by atomic mass is 9.98. The topological polar surface area (TPSA) is 72.6 Å². The summed E-state index contributed by atoms with van der Waals surface area (Å²) in [5.74, 6) is -0.116. The maximum atomic E-state index is 11.7. The Morgan fingerprint density at radius 2 is 2.20 bits per heavy atom. The van der Waals surface area contributed by atoms with E-state index in [-0.39, 0.29) is 23.7 Å². The van der Waals surface area contributed by atoms with Crippen LogP contribution in [0.3, 0.4) is 0 Å². The van der Waals surface area contributed by atoms with Gasteiger partial charge >= 0.3 is 0 Å². The molecule has 2 aliphatic rings. The van der Waals surface area contributed by atoms with Crippen LogP contribution >= 0.6 is 0 Å². The van der Waals surface area contributed by atoms with Crippen molar-refractivity contribution < 1.29 is 14.3 Å². The van der Waals surface area contributed by atoms with Gasteiger partial charge in [0.1, 0.15) is 0 Å². The molecular weight excluding hydrogens is 196 g/mol. The van der Waals surface area contributed by atoms with Crippen LogP contribution in [0, 0.1) is 5.92 Å². The summed E-state index contributed by atoms with van der Waals surface area (Å²) in [6.07, 6.45) is 1.59. The summed E-state index contributed by atoms with van der Waals surface area (Å²) in [5.41, 5.74) is 5.20. The molecule has 0 aromatic carbocycles. The molecule has 0 bridgehead atoms. The average molecular weight is 212 g/mol. The maximum absolute atomic E-state index is 11.7. The van der Waals surface area contributed by atoms with Crippen molar-refractivity contribution in [3.8, 4) is 0 Å². The molecule has 0 aliphatic carbocycles. The first-order chi connectivity index (χ1) is 7.18. The van der Waals surface area contributed by atoms with E-state index in [0.717, 1.165) is 19.4 Å². The molecule has 2 saturated heterocycles. The van der Waals surface area contributed by atoms with Crippen LogP contribution in [0.2, 0.25) is 0 Å². The summed E-state index contributed by atoms with van der Waals surface area (Å²) < 4.78 is 5.15. The molecule has 2 rings (SSSR count). The van der Waals surface area contributed by atoms with E-state index in [0.29, 0.717) is 19.8 Å². The molecule has 2 atom stereocenters. The van der Waals surface area contributed by atoms with Gasteiger partial charge in [-0.1, -0.05) is 0 Å². The summed E-state index contributed by atoms with van der Waals surface area (Å²) in [6.45, 7) is 2.36. The van der Waals surface area contributed by atoms with Crippen molar-refractivity contribution in [3.63, 3.8) is 0 Å². The van der Waals surface area contributed by atoms with Crippen molar-refractivity contribution in [2.45, 2.75) is 18.9 Å². The number of amides is 1. The Bertz CT molecular complexity index is 274. The molecule has 2 N–H and O–H groups in total. The molecule has 0 saturated carbocycles. The normalized spacial score (nSPS) is 31.2. The van der Waals surface area contributed by atoms with Crippen molar-refractivity contribution in [2.75, 3.05) is 26.3 Å². The molecule has 0 radical (unpaired) electrons. The van der Waals surface area contributed by atoms with E-state index in [1.54, 1.807) is 0 Å². The van der Waals surface area contributed by atoms with Crippen LogP contribution < -0.4 is 5.73 Å². The fraction of sp³-hybridized carbons (Fsp3) is 0.800. The van der Waals surface area contributed by atoms with Crippen LogP contribution in [0.4, 0.5) is 0 Å². The van der Waals surface area contributed by atoms with Gasteiger partial charge in [0.15, 0.2) is 5.78 Å². The zero-order valence-electron chi connectivity index (χ0n) is 8.65. The van der Waals surface area contributed by atoms with E-state index in [2.05, 4.69) is 0 Å². The number of hydrogen-bond acceptors (Lipinski definition) is 4. The molecule has 15 heavy (non-hydrogen) atoms. The zero-order chi connectivity index (χ0) is 10.8. The van der Waals surface area contributed by atoms with E-state index < -0.39 is 0 Å². The molecule has 2 heterocycles. The highest BCUT2D eigenvalue weighted by Gasteiger charge is 2.35. The van der Waals surface area contributed by atoms with Gasteiger partial charge in [0, 0.05) is 19.1 Å². The molecule has 2 unspecified atom stereocenters. The lowest BCUT2D eigenvalue weighted by Gasteiger charge is -2.38. The van der Waals surface area contributed by atoms with E-state index in [1.807, 2.05) is 4.90 Å². The number of carbonyl (C=O) groups is 2. The van der Waals surface area contributed by atoms with Gasteiger partial charge in [-0.05, 0) is 12.8 Å². The number of ether oxygens (including phenoxy) is 1. The third-order valence-corrected chi connectivity index (χ3v) is 3.20. The molecule has 0 aromatic rings. The molecule has 84 valence electrons. The predicted molar refractivity (Wildman–Crippen MR) is 53.1 cm³/mol. The van der Waals surface area contributed by atoms with Gasteiger partial charge in [0.05, 0.1) is 19.2 Å². The Morgan fingerprint density at radius 3 is 2.67 bits per heavy atom. The number of likely N-dealkylation sites (tertiary alicyclic amines) is 1. The fourth-order valence-corrected chi connectivity index (χ4v) is 2.07. The Balaban J connectivity index is 1.81. The van der Waals surface area contributed by atoms with Crippen LogP contribution in [-0.4, -0.2) is 48.9 Å². The average Bonchev–Trinajstić information content (AvgIpc) is 2.63. The Kier molecular flexibility index (Phi) is 3.02. The predicted octanol–water partition coefficient (Wildman–Crippen LogP) is -0.848. The monoisotopic (exact) mass is 212 g/mol. The maximum Gasteiger partial charge on any atom is 0.234 e. The van der Waals surface area contributed by atoms with Gasteiger partial charge in [-0.25, -0.2) is 0 Å². The van der Waals surface area contributed by atoms with E-state index in [1.165, 1.54) is 0 Å². The molecular formula is C10H16N2O3. The highest BCUT2D eigenvalue weighted by Crippen LogP contribution is 2.19. The number of nitrogens with zero attached hydrogens (tertiary/aromatic N) is 1. The van der Waals surface area contributed by atoms with Crippen LogP contribution in [0.15, 0.2) is 0 Å². The number of primary amides is 1. The largest absolute Gasteiger partial charge is 0.381 e. The van der Waals surface area contributed by atoms with Crippen molar-refractivity contribution in [3.05, 3.63) is 0 Å². The van der Waals surface area contributed by atoms with Crippen molar-refractivity contribution in [2.24, 2.45) is 11.7 Å². The molecule has 1 amide bonds. The fourth-order valence-electron chi connectivity index (χ4n) is 2.07. The highest BCUT2D eigenvalue weighted by molar-refractivity contribution is 5.85. The summed E-state index contributed by atoms with van der Waals surface area (Å²) in [5, 5.41) is 0. The van der Waals surface area contributed by atoms with Gasteiger partial charge in [0.25, 0.3) is 0 Å². The summed E-state index contributed by atoms with van der Waals surface area (Å²) >= 11 is 0. The van der Waals surface area contributed by atoms with Crippen LogP contribution in [-0.2, 0) is 14.3 Å². The van der Waals surface area contributed by atoms with Crippen LogP contribution in [0.25, 0.3) is 0 Å². The Morgan fingerprint density at radius 1 is 1.40 bits per heavy atom. The molecule has 0 spiro atoms. The van der Waals surface area contributed by atoms with Crippen LogP contribution in [0.1, 0.15) is 12.8 Å². The lowest BCUT2D eigenvalue weighted by molar-refractivity contribution is -0.132. The van der Waals surface area contributed by atoms with Gasteiger partial charge in [0.2, 0.25) is 5.91 Å². The minimum absolute atomic E-state index is 0.0270.